The zero-order chi connectivity index (χ0) is 18.0. The Balaban J connectivity index is -0.00000242. The Morgan fingerprint density at radius 3 is 1.28 bits per heavy atom. The molecule has 6 nitrogen and oxygen atoms in total. The van der Waals surface area contributed by atoms with Crippen LogP contribution in [0.1, 0.15) is 27.7 Å². The van der Waals surface area contributed by atoms with Gasteiger partial charge in [-0.25, -0.2) is 0 Å². The Morgan fingerprint density at radius 2 is 1.00 bits per heavy atom. The minimum atomic E-state index is -2.08. The van der Waals surface area contributed by atoms with Crippen molar-refractivity contribution in [2.45, 2.75) is 79.1 Å². The summed E-state index contributed by atoms with van der Waals surface area (Å²) in [5, 5.41) is 6.34. The van der Waals surface area contributed by atoms with Gasteiger partial charge in [-0.1, -0.05) is 14.9 Å². The Hall–Kier alpha value is 0.411. The molecule has 0 aromatic carbocycles. The Bertz CT molecular complexity index is 292. The second kappa shape index (κ2) is 14.5. The fraction of sp³-hybridized carbons (Fsp3) is 1.00. The summed E-state index contributed by atoms with van der Waals surface area (Å²) in [6.07, 6.45) is 2.24. The molecule has 0 aromatic heterocycles. The van der Waals surface area contributed by atoms with Crippen LogP contribution in [0.3, 0.4) is 0 Å². The van der Waals surface area contributed by atoms with Crippen molar-refractivity contribution in [1.29, 1.82) is 0 Å². The smallest absolute Gasteiger partial charge is 0.311 e. The third kappa shape index (κ3) is 17.6. The summed E-state index contributed by atoms with van der Waals surface area (Å²) in [5.74, 6) is 0. The second-order valence-electron chi connectivity index (χ2n) is 7.74. The fourth-order valence-corrected chi connectivity index (χ4v) is 17.0. The molecule has 25 heavy (non-hydrogen) atoms. The van der Waals surface area contributed by atoms with E-state index in [0.717, 1.165) is 38.0 Å². The van der Waals surface area contributed by atoms with Crippen LogP contribution >= 0.6 is 0 Å². The first kappa shape index (κ1) is 30.1. The zero-order valence-electron chi connectivity index (χ0n) is 16.1. The third-order valence-electron chi connectivity index (χ3n) is 3.60. The van der Waals surface area contributed by atoms with E-state index in [1.165, 1.54) is 0 Å². The van der Waals surface area contributed by atoms with E-state index in [0.29, 0.717) is 13.3 Å². The predicted octanol–water partition coefficient (Wildman–Crippen LogP) is 3.20. The molecule has 0 saturated heterocycles. The summed E-state index contributed by atoms with van der Waals surface area (Å²) < 4.78 is 13.1. The number of hydrogen-bond acceptors (Lipinski definition) is 6. The largest absolute Gasteiger partial charge is 0.437 e. The minimum absolute atomic E-state index is 0. The van der Waals surface area contributed by atoms with Gasteiger partial charge in [0, 0.05) is 13.3 Å². The molecule has 0 aliphatic heterocycles. The van der Waals surface area contributed by atoms with E-state index in [1.807, 2.05) is 0 Å². The molecule has 6 N–H and O–H groups in total. The molecule has 0 rings (SSSR count). The van der Waals surface area contributed by atoms with Crippen molar-refractivity contribution in [3.8, 4) is 0 Å². The molecule has 0 fully saturated rings. The van der Waals surface area contributed by atoms with Crippen molar-refractivity contribution in [2.24, 2.45) is 11.5 Å². The SMILES string of the molecule is C.C.C[Si](C)(CCCNCN)O[Si](C)(C)O[Si](C)(C)CCCNCN. The van der Waals surface area contributed by atoms with E-state index in [2.05, 4.69) is 49.9 Å². The lowest BCUT2D eigenvalue weighted by atomic mass is 10.5. The summed E-state index contributed by atoms with van der Waals surface area (Å²) in [6, 6.07) is 2.28. The van der Waals surface area contributed by atoms with Gasteiger partial charge in [0.25, 0.3) is 0 Å². The molecule has 0 atom stereocenters. The highest BCUT2D eigenvalue weighted by Crippen LogP contribution is 2.25. The Labute approximate surface area is 161 Å². The lowest BCUT2D eigenvalue weighted by molar-refractivity contribution is 0.386. The molecule has 0 aliphatic carbocycles. The number of rotatable bonds is 14. The van der Waals surface area contributed by atoms with Gasteiger partial charge in [-0.05, 0) is 77.3 Å². The van der Waals surface area contributed by atoms with Gasteiger partial charge in [0.1, 0.15) is 0 Å². The van der Waals surface area contributed by atoms with Crippen molar-refractivity contribution < 1.29 is 8.23 Å². The maximum atomic E-state index is 6.56. The molecule has 0 unspecified atom stereocenters. The van der Waals surface area contributed by atoms with Crippen molar-refractivity contribution >= 4 is 25.2 Å². The topological polar surface area (TPSA) is 94.6 Å². The van der Waals surface area contributed by atoms with Gasteiger partial charge in [-0.3, -0.25) is 0 Å². The van der Waals surface area contributed by atoms with Crippen LogP contribution in [0, 0.1) is 0 Å². The van der Waals surface area contributed by atoms with Crippen LogP contribution < -0.4 is 22.1 Å². The molecule has 0 heterocycles. The van der Waals surface area contributed by atoms with Crippen molar-refractivity contribution in [3.05, 3.63) is 0 Å². The van der Waals surface area contributed by atoms with E-state index in [4.69, 9.17) is 19.7 Å². The molecule has 0 spiro atoms. The van der Waals surface area contributed by atoms with Crippen molar-refractivity contribution in [3.63, 3.8) is 0 Å². The van der Waals surface area contributed by atoms with Crippen LogP contribution in [0.5, 0.6) is 0 Å². The number of hydrogen-bond donors (Lipinski definition) is 4. The quantitative estimate of drug-likeness (QED) is 0.199. The minimum Gasteiger partial charge on any atom is -0.437 e. The third-order valence-corrected chi connectivity index (χ3v) is 15.1. The molecule has 0 amide bonds. The fourth-order valence-electron chi connectivity index (χ4n) is 2.94. The highest BCUT2D eigenvalue weighted by Gasteiger charge is 2.39. The van der Waals surface area contributed by atoms with E-state index >= 15 is 0 Å². The summed E-state index contributed by atoms with van der Waals surface area (Å²) in [5.41, 5.74) is 10.9. The van der Waals surface area contributed by atoms with E-state index < -0.39 is 25.2 Å². The molecule has 156 valence electrons. The lowest BCUT2D eigenvalue weighted by Crippen LogP contribution is -2.52. The maximum absolute atomic E-state index is 6.56. The van der Waals surface area contributed by atoms with Crippen molar-refractivity contribution in [1.82, 2.24) is 10.6 Å². The molecule has 9 heteroatoms. The van der Waals surface area contributed by atoms with Gasteiger partial charge in [-0.15, -0.1) is 0 Å². The Kier molecular flexibility index (Phi) is 17.4. The molecule has 0 radical (unpaired) electrons. The molecule has 0 aliphatic rings. The van der Waals surface area contributed by atoms with E-state index in [1.54, 1.807) is 0 Å². The predicted molar refractivity (Wildman–Crippen MR) is 121 cm³/mol. The van der Waals surface area contributed by atoms with Crippen LogP contribution in [0.2, 0.25) is 51.4 Å². The van der Waals surface area contributed by atoms with Crippen LogP contribution in [0.25, 0.3) is 0 Å². The summed E-state index contributed by atoms with van der Waals surface area (Å²) in [7, 11) is -5.44. The van der Waals surface area contributed by atoms with Gasteiger partial charge in [0.05, 0.1) is 0 Å². The van der Waals surface area contributed by atoms with E-state index in [-0.39, 0.29) is 14.9 Å². The van der Waals surface area contributed by atoms with Gasteiger partial charge in [-0.2, -0.15) is 0 Å². The molecule has 0 aromatic rings. The van der Waals surface area contributed by atoms with Gasteiger partial charge < -0.3 is 30.3 Å². The average Bonchev–Trinajstić information content (AvgIpc) is 2.37. The lowest BCUT2D eigenvalue weighted by Gasteiger charge is -2.38. The highest BCUT2D eigenvalue weighted by molar-refractivity contribution is 6.87. The van der Waals surface area contributed by atoms with Crippen LogP contribution in [0.4, 0.5) is 0 Å². The van der Waals surface area contributed by atoms with E-state index in [9.17, 15) is 0 Å². The standard InChI is InChI=1S/C14H40N4O2Si3.2CH4/c1-21(2,11-7-9-17-13-15)19-23(5,6)20-22(3,4)12-8-10-18-14-16;;/h17-18H,7-16H2,1-6H3;2*1H4. The summed E-state index contributed by atoms with van der Waals surface area (Å²) in [6.45, 7) is 16.6. The molecule has 0 bridgehead atoms. The summed E-state index contributed by atoms with van der Waals surface area (Å²) in [4.78, 5) is 0. The molecular formula is C16H48N4O2Si3. The van der Waals surface area contributed by atoms with Crippen LogP contribution in [0.15, 0.2) is 0 Å². The van der Waals surface area contributed by atoms with Gasteiger partial charge >= 0.3 is 8.56 Å². The normalized spacial score (nSPS) is 12.5. The highest BCUT2D eigenvalue weighted by atomic mass is 28.5. The maximum Gasteiger partial charge on any atom is 0.311 e. The monoisotopic (exact) mass is 412 g/mol. The first-order valence-corrected chi connectivity index (χ1v) is 17.8. The van der Waals surface area contributed by atoms with Gasteiger partial charge in [0.2, 0.25) is 0 Å². The van der Waals surface area contributed by atoms with Crippen molar-refractivity contribution in [2.75, 3.05) is 26.4 Å². The molecule has 0 saturated carbocycles. The zero-order valence-corrected chi connectivity index (χ0v) is 19.1. The Morgan fingerprint density at radius 1 is 0.680 bits per heavy atom. The second-order valence-corrected chi connectivity index (χ2v) is 20.2. The number of nitrogens with one attached hydrogen (secondary N) is 2. The van der Waals surface area contributed by atoms with Crippen LogP contribution in [-0.4, -0.2) is 51.6 Å². The van der Waals surface area contributed by atoms with Crippen LogP contribution in [-0.2, 0) is 8.23 Å². The molecular weight excluding hydrogens is 364 g/mol. The summed E-state index contributed by atoms with van der Waals surface area (Å²) >= 11 is 0. The first-order valence-electron chi connectivity index (χ1n) is 8.75. The average molecular weight is 413 g/mol. The van der Waals surface area contributed by atoms with Gasteiger partial charge in [0.15, 0.2) is 16.6 Å². The first-order chi connectivity index (χ1) is 10.5. The number of nitrogens with two attached hydrogens (primary N) is 2.